The summed E-state index contributed by atoms with van der Waals surface area (Å²) in [6.07, 6.45) is 2.78. The maximum absolute atomic E-state index is 13.2. The van der Waals surface area contributed by atoms with Crippen molar-refractivity contribution in [2.24, 2.45) is 5.92 Å². The summed E-state index contributed by atoms with van der Waals surface area (Å²) in [5.41, 5.74) is 2.44. The highest BCUT2D eigenvalue weighted by atomic mass is 19.1. The van der Waals surface area contributed by atoms with E-state index in [2.05, 4.69) is 29.0 Å². The Labute approximate surface area is 140 Å². The van der Waals surface area contributed by atoms with Crippen LogP contribution in [-0.4, -0.2) is 26.2 Å². The van der Waals surface area contributed by atoms with Crippen molar-refractivity contribution in [3.05, 3.63) is 64.3 Å². The summed E-state index contributed by atoms with van der Waals surface area (Å²) in [7, 11) is 0. The summed E-state index contributed by atoms with van der Waals surface area (Å²) in [5.74, 6) is 1.23. The number of halogens is 1. The molecule has 0 saturated carbocycles. The Morgan fingerprint density at radius 3 is 3.00 bits per heavy atom. The van der Waals surface area contributed by atoms with Crippen LogP contribution in [0.15, 0.2) is 42.5 Å². The maximum atomic E-state index is 13.2. The third-order valence-corrected chi connectivity index (χ3v) is 4.74. The van der Waals surface area contributed by atoms with E-state index < -0.39 is 0 Å². The van der Waals surface area contributed by atoms with Crippen LogP contribution in [0, 0.1) is 11.7 Å². The van der Waals surface area contributed by atoms with Gasteiger partial charge in [0, 0.05) is 43.4 Å². The third-order valence-electron chi connectivity index (χ3n) is 4.74. The van der Waals surface area contributed by atoms with Crippen molar-refractivity contribution in [3.63, 3.8) is 0 Å². The molecule has 0 amide bonds. The second kappa shape index (κ2) is 6.65. The molecule has 124 valence electrons. The standard InChI is InChI=1S/C20H21FN2O/c21-17-3-1-2-14(8-17)6-7-24-18-4-5-19-15(9-18)10-22-11-16-12-23-13-20(16)19/h1-5,8-10,16,22-23H,6-7,11-13H2/t16-/m1/s1. The molecule has 0 spiro atoms. The van der Waals surface area contributed by atoms with Gasteiger partial charge in [-0.3, -0.25) is 0 Å². The van der Waals surface area contributed by atoms with E-state index in [9.17, 15) is 4.39 Å². The van der Waals surface area contributed by atoms with Crippen molar-refractivity contribution in [1.29, 1.82) is 0 Å². The van der Waals surface area contributed by atoms with Gasteiger partial charge in [-0.15, -0.1) is 0 Å². The van der Waals surface area contributed by atoms with E-state index in [0.29, 0.717) is 18.9 Å². The molecule has 2 heterocycles. The Kier molecular flexibility index (Phi) is 4.22. The third kappa shape index (κ3) is 3.15. The van der Waals surface area contributed by atoms with Crippen molar-refractivity contribution in [2.75, 3.05) is 26.2 Å². The lowest BCUT2D eigenvalue weighted by Gasteiger charge is -2.08. The Morgan fingerprint density at radius 1 is 1.12 bits per heavy atom. The van der Waals surface area contributed by atoms with Crippen LogP contribution in [0.1, 0.15) is 5.56 Å². The monoisotopic (exact) mass is 324 g/mol. The van der Waals surface area contributed by atoms with Crippen LogP contribution < -0.4 is 25.8 Å². The lowest BCUT2D eigenvalue weighted by Crippen LogP contribution is -2.28. The van der Waals surface area contributed by atoms with Gasteiger partial charge in [0.25, 0.3) is 0 Å². The summed E-state index contributed by atoms with van der Waals surface area (Å²) in [5, 5.41) is 9.35. The molecule has 1 atom stereocenters. The molecule has 4 heteroatoms. The van der Waals surface area contributed by atoms with Crippen LogP contribution in [0.5, 0.6) is 5.75 Å². The molecular weight excluding hydrogens is 303 g/mol. The molecule has 2 aromatic carbocycles. The zero-order valence-corrected chi connectivity index (χ0v) is 13.5. The fraction of sp³-hybridized carbons (Fsp3) is 0.300. The Hall–Kier alpha value is -2.33. The molecule has 3 nitrogen and oxygen atoms in total. The second-order valence-corrected chi connectivity index (χ2v) is 6.38. The lowest BCUT2D eigenvalue weighted by atomic mass is 10.0. The van der Waals surface area contributed by atoms with Gasteiger partial charge in [0.15, 0.2) is 0 Å². The molecule has 4 rings (SSSR count). The first-order valence-corrected chi connectivity index (χ1v) is 8.44. The smallest absolute Gasteiger partial charge is 0.123 e. The lowest BCUT2D eigenvalue weighted by molar-refractivity contribution is 0.321. The predicted octanol–water partition coefficient (Wildman–Crippen LogP) is 1.16. The van der Waals surface area contributed by atoms with Gasteiger partial charge in [-0.2, -0.15) is 0 Å². The van der Waals surface area contributed by atoms with E-state index in [1.807, 2.05) is 12.1 Å². The van der Waals surface area contributed by atoms with Crippen molar-refractivity contribution < 1.29 is 9.13 Å². The van der Waals surface area contributed by atoms with E-state index in [4.69, 9.17) is 4.74 Å². The number of benzene rings is 2. The minimum absolute atomic E-state index is 0.199. The minimum atomic E-state index is -0.199. The highest BCUT2D eigenvalue weighted by molar-refractivity contribution is 5.55. The topological polar surface area (TPSA) is 33.3 Å². The highest BCUT2D eigenvalue weighted by Gasteiger charge is 2.22. The number of hydrogen-bond acceptors (Lipinski definition) is 3. The quantitative estimate of drug-likeness (QED) is 0.885. The van der Waals surface area contributed by atoms with E-state index >= 15 is 0 Å². The van der Waals surface area contributed by atoms with Gasteiger partial charge in [0.1, 0.15) is 11.6 Å². The SMILES string of the molecule is Fc1cccc(CCOc2ccc3c(c2)=CNC[C@@H]2CNCC=32)c1. The number of ether oxygens (including phenoxy) is 1. The molecule has 24 heavy (non-hydrogen) atoms. The fourth-order valence-electron chi connectivity index (χ4n) is 3.49. The van der Waals surface area contributed by atoms with Crippen LogP contribution in [0.3, 0.4) is 0 Å². The van der Waals surface area contributed by atoms with E-state index in [-0.39, 0.29) is 5.82 Å². The molecular formula is C20H21FN2O. The van der Waals surface area contributed by atoms with Gasteiger partial charge in [0.2, 0.25) is 0 Å². The molecule has 1 fully saturated rings. The molecule has 2 aliphatic heterocycles. The first-order valence-electron chi connectivity index (χ1n) is 8.44. The molecule has 0 bridgehead atoms. The summed E-state index contributed by atoms with van der Waals surface area (Å²) < 4.78 is 19.1. The molecule has 2 aromatic rings. The molecule has 2 N–H and O–H groups in total. The summed E-state index contributed by atoms with van der Waals surface area (Å²) >= 11 is 0. The highest BCUT2D eigenvalue weighted by Crippen LogP contribution is 2.16. The van der Waals surface area contributed by atoms with E-state index in [1.54, 1.807) is 12.1 Å². The summed E-state index contributed by atoms with van der Waals surface area (Å²) in [4.78, 5) is 0. The van der Waals surface area contributed by atoms with Crippen molar-refractivity contribution in [3.8, 4) is 5.75 Å². The minimum Gasteiger partial charge on any atom is -0.493 e. The number of fused-ring (bicyclic) bond motifs is 2. The zero-order chi connectivity index (χ0) is 16.4. The van der Waals surface area contributed by atoms with Crippen molar-refractivity contribution in [2.45, 2.75) is 6.42 Å². The van der Waals surface area contributed by atoms with Crippen LogP contribution in [0.25, 0.3) is 11.8 Å². The molecule has 0 radical (unpaired) electrons. The van der Waals surface area contributed by atoms with Gasteiger partial charge >= 0.3 is 0 Å². The number of nitrogens with one attached hydrogen (secondary N) is 2. The van der Waals surface area contributed by atoms with Gasteiger partial charge < -0.3 is 15.4 Å². The summed E-state index contributed by atoms with van der Waals surface area (Å²) in [6, 6.07) is 13.0. The molecule has 0 aliphatic carbocycles. The largest absolute Gasteiger partial charge is 0.493 e. The predicted molar refractivity (Wildman–Crippen MR) is 93.5 cm³/mol. The van der Waals surface area contributed by atoms with E-state index in [0.717, 1.165) is 30.9 Å². The maximum Gasteiger partial charge on any atom is 0.123 e. The summed E-state index contributed by atoms with van der Waals surface area (Å²) in [6.45, 7) is 3.53. The molecule has 1 saturated heterocycles. The first kappa shape index (κ1) is 15.2. The van der Waals surface area contributed by atoms with Gasteiger partial charge in [-0.1, -0.05) is 18.2 Å². The number of hydrogen-bond donors (Lipinski definition) is 2. The first-order chi connectivity index (χ1) is 11.8. The zero-order valence-electron chi connectivity index (χ0n) is 13.5. The Bertz CT molecular complexity index is 862. The van der Waals surface area contributed by atoms with Crippen LogP contribution in [0.4, 0.5) is 4.39 Å². The van der Waals surface area contributed by atoms with Crippen LogP contribution in [-0.2, 0) is 6.42 Å². The average molecular weight is 324 g/mol. The Morgan fingerprint density at radius 2 is 2.08 bits per heavy atom. The van der Waals surface area contributed by atoms with Crippen molar-refractivity contribution >= 4 is 11.8 Å². The van der Waals surface area contributed by atoms with Crippen LogP contribution in [0.2, 0.25) is 0 Å². The van der Waals surface area contributed by atoms with Gasteiger partial charge in [0.05, 0.1) is 6.61 Å². The van der Waals surface area contributed by atoms with Gasteiger partial charge in [-0.25, -0.2) is 4.39 Å². The molecule has 0 aromatic heterocycles. The normalized spacial score (nSPS) is 18.9. The average Bonchev–Trinajstić information content (AvgIpc) is 2.97. The Balaban J connectivity index is 1.51. The second-order valence-electron chi connectivity index (χ2n) is 6.38. The van der Waals surface area contributed by atoms with Crippen LogP contribution >= 0.6 is 0 Å². The van der Waals surface area contributed by atoms with Gasteiger partial charge in [-0.05, 0) is 40.6 Å². The fourth-order valence-corrected chi connectivity index (χ4v) is 3.49. The van der Waals surface area contributed by atoms with E-state index in [1.165, 1.54) is 22.1 Å². The van der Waals surface area contributed by atoms with Crippen molar-refractivity contribution in [1.82, 2.24) is 10.6 Å². The molecule has 0 unspecified atom stereocenters. The number of rotatable bonds is 4. The molecule has 2 aliphatic rings.